The second-order valence-corrected chi connectivity index (χ2v) is 6.63. The molecule has 2 saturated heterocycles. The molecule has 2 aromatic heterocycles. The number of rotatable bonds is 1. The second-order valence-electron chi connectivity index (χ2n) is 5.87. The summed E-state index contributed by atoms with van der Waals surface area (Å²) in [5.74, 6) is 1.51. The van der Waals surface area contributed by atoms with E-state index < -0.39 is 0 Å². The summed E-state index contributed by atoms with van der Waals surface area (Å²) in [7, 11) is 0. The molecule has 0 unspecified atom stereocenters. The number of fused-ring (bicyclic) bond motifs is 2. The summed E-state index contributed by atoms with van der Waals surface area (Å²) >= 11 is 3.46. The SMILES string of the molecule is C[C@H]1OC(=O)N2C[C@H](c3nc(Br)c4c(N)nccn34)CC[C@@H]12. The number of ether oxygens (including phenoxy) is 1. The summed E-state index contributed by atoms with van der Waals surface area (Å²) in [4.78, 5) is 22.5. The molecule has 7 nitrogen and oxygen atoms in total. The summed E-state index contributed by atoms with van der Waals surface area (Å²) in [5, 5.41) is 0. The number of hydrogen-bond donors (Lipinski definition) is 1. The normalized spacial score (nSPS) is 28.0. The Hall–Kier alpha value is -1.83. The number of piperidine rings is 1. The van der Waals surface area contributed by atoms with Gasteiger partial charge in [-0.05, 0) is 35.7 Å². The maximum Gasteiger partial charge on any atom is 0.410 e. The van der Waals surface area contributed by atoms with Crippen LogP contribution < -0.4 is 5.73 Å². The van der Waals surface area contributed by atoms with Crippen LogP contribution in [0.25, 0.3) is 5.52 Å². The molecule has 0 spiro atoms. The summed E-state index contributed by atoms with van der Waals surface area (Å²) in [6.45, 7) is 2.58. The Morgan fingerprint density at radius 2 is 2.27 bits per heavy atom. The van der Waals surface area contributed by atoms with Crippen molar-refractivity contribution in [1.29, 1.82) is 0 Å². The maximum absolute atomic E-state index is 12.0. The first-order valence-corrected chi connectivity index (χ1v) is 8.10. The molecule has 0 radical (unpaired) electrons. The number of aromatic nitrogens is 3. The van der Waals surface area contributed by atoms with Crippen LogP contribution >= 0.6 is 15.9 Å². The zero-order valence-electron chi connectivity index (χ0n) is 12.1. The monoisotopic (exact) mass is 365 g/mol. The van der Waals surface area contributed by atoms with E-state index >= 15 is 0 Å². The van der Waals surface area contributed by atoms with Crippen molar-refractivity contribution in [2.24, 2.45) is 0 Å². The zero-order chi connectivity index (χ0) is 15.4. The molecule has 116 valence electrons. The molecule has 8 heteroatoms. The van der Waals surface area contributed by atoms with Crippen LogP contribution in [-0.4, -0.2) is 44.1 Å². The van der Waals surface area contributed by atoms with Gasteiger partial charge in [-0.25, -0.2) is 14.8 Å². The smallest absolute Gasteiger partial charge is 0.410 e. The molecule has 0 bridgehead atoms. The lowest BCUT2D eigenvalue weighted by Crippen LogP contribution is -2.43. The van der Waals surface area contributed by atoms with E-state index in [0.717, 1.165) is 24.2 Å². The number of nitrogens with two attached hydrogens (primary N) is 1. The van der Waals surface area contributed by atoms with Gasteiger partial charge in [-0.1, -0.05) is 0 Å². The van der Waals surface area contributed by atoms with Crippen LogP contribution in [0, 0.1) is 0 Å². The lowest BCUT2D eigenvalue weighted by atomic mass is 9.91. The summed E-state index contributed by atoms with van der Waals surface area (Å²) in [5.41, 5.74) is 6.71. The first-order chi connectivity index (χ1) is 10.6. The predicted molar refractivity (Wildman–Crippen MR) is 83.5 cm³/mol. The highest BCUT2D eigenvalue weighted by atomic mass is 79.9. The Morgan fingerprint density at radius 3 is 3.09 bits per heavy atom. The van der Waals surface area contributed by atoms with Crippen LogP contribution in [0.15, 0.2) is 17.0 Å². The average Bonchev–Trinajstić information content (AvgIpc) is 2.98. The highest BCUT2D eigenvalue weighted by Gasteiger charge is 2.44. The predicted octanol–water partition coefficient (Wildman–Crippen LogP) is 2.16. The van der Waals surface area contributed by atoms with Crippen molar-refractivity contribution in [1.82, 2.24) is 19.3 Å². The third-order valence-electron chi connectivity index (χ3n) is 4.62. The number of hydrogen-bond acceptors (Lipinski definition) is 5. The van der Waals surface area contributed by atoms with Crippen LogP contribution in [0.3, 0.4) is 0 Å². The van der Waals surface area contributed by atoms with Crippen LogP contribution in [0.4, 0.5) is 10.6 Å². The molecule has 2 aliphatic heterocycles. The molecule has 0 aromatic carbocycles. The number of nitrogens with zero attached hydrogens (tertiary/aromatic N) is 4. The van der Waals surface area contributed by atoms with Crippen molar-refractivity contribution in [2.45, 2.75) is 37.8 Å². The molecule has 2 aliphatic rings. The molecule has 4 heterocycles. The van der Waals surface area contributed by atoms with Crippen molar-refractivity contribution in [3.05, 3.63) is 22.8 Å². The molecule has 22 heavy (non-hydrogen) atoms. The minimum absolute atomic E-state index is 0.0305. The fourth-order valence-corrected chi connectivity index (χ4v) is 4.11. The van der Waals surface area contributed by atoms with Crippen molar-refractivity contribution >= 4 is 33.4 Å². The van der Waals surface area contributed by atoms with Crippen molar-refractivity contribution in [3.8, 4) is 0 Å². The van der Waals surface area contributed by atoms with Gasteiger partial charge in [0.2, 0.25) is 0 Å². The zero-order valence-corrected chi connectivity index (χ0v) is 13.7. The van der Waals surface area contributed by atoms with E-state index in [0.29, 0.717) is 17.0 Å². The number of carbonyl (C=O) groups is 1. The molecule has 2 aromatic rings. The third-order valence-corrected chi connectivity index (χ3v) is 5.18. The molecular weight excluding hydrogens is 350 g/mol. The Kier molecular flexibility index (Phi) is 3.04. The quantitative estimate of drug-likeness (QED) is 0.836. The lowest BCUT2D eigenvalue weighted by Gasteiger charge is -2.33. The molecule has 0 aliphatic carbocycles. The van der Waals surface area contributed by atoms with E-state index in [1.54, 1.807) is 6.20 Å². The van der Waals surface area contributed by atoms with Crippen LogP contribution in [0.5, 0.6) is 0 Å². The topological polar surface area (TPSA) is 85.8 Å². The van der Waals surface area contributed by atoms with Gasteiger partial charge in [-0.2, -0.15) is 0 Å². The van der Waals surface area contributed by atoms with Gasteiger partial charge >= 0.3 is 6.09 Å². The van der Waals surface area contributed by atoms with E-state index in [-0.39, 0.29) is 24.2 Å². The van der Waals surface area contributed by atoms with Crippen LogP contribution in [0.1, 0.15) is 31.5 Å². The third kappa shape index (κ3) is 1.89. The number of nitrogen functional groups attached to an aromatic ring is 1. The first-order valence-electron chi connectivity index (χ1n) is 7.31. The van der Waals surface area contributed by atoms with Crippen LogP contribution in [-0.2, 0) is 4.74 Å². The number of halogens is 1. The largest absolute Gasteiger partial charge is 0.444 e. The van der Waals surface area contributed by atoms with Gasteiger partial charge in [0.15, 0.2) is 5.82 Å². The fraction of sp³-hybridized carbons (Fsp3) is 0.500. The maximum atomic E-state index is 12.0. The number of imidazole rings is 1. The fourth-order valence-electron chi connectivity index (χ4n) is 3.54. The summed E-state index contributed by atoms with van der Waals surface area (Å²) in [6, 6.07) is 0.185. The second kappa shape index (κ2) is 4.84. The first kappa shape index (κ1) is 13.8. The van der Waals surface area contributed by atoms with Gasteiger partial charge in [0.25, 0.3) is 0 Å². The van der Waals surface area contributed by atoms with Crippen molar-refractivity contribution < 1.29 is 9.53 Å². The average molecular weight is 366 g/mol. The minimum Gasteiger partial charge on any atom is -0.444 e. The molecule has 2 N–H and O–H groups in total. The van der Waals surface area contributed by atoms with Gasteiger partial charge < -0.3 is 15.4 Å². The van der Waals surface area contributed by atoms with E-state index in [1.165, 1.54) is 0 Å². The minimum atomic E-state index is -0.219. The Morgan fingerprint density at radius 1 is 1.45 bits per heavy atom. The van der Waals surface area contributed by atoms with Crippen molar-refractivity contribution in [3.63, 3.8) is 0 Å². The van der Waals surface area contributed by atoms with Crippen LogP contribution in [0.2, 0.25) is 0 Å². The van der Waals surface area contributed by atoms with Gasteiger partial charge in [0.1, 0.15) is 22.0 Å². The number of carbonyl (C=O) groups excluding carboxylic acids is 1. The van der Waals surface area contributed by atoms with E-state index in [1.807, 2.05) is 22.4 Å². The standard InChI is InChI=1S/C14H16BrN5O2/c1-7-9-3-2-8(6-20(9)14(21)22-7)13-18-11(15)10-12(16)17-4-5-19(10)13/h4-5,7-9H,2-3,6H2,1H3,(H2,16,17)/t7-,8-,9+/m1/s1. The number of cyclic esters (lactones) is 1. The highest BCUT2D eigenvalue weighted by molar-refractivity contribution is 9.10. The number of anilines is 1. The molecule has 4 rings (SSSR count). The highest BCUT2D eigenvalue weighted by Crippen LogP contribution is 2.36. The van der Waals surface area contributed by atoms with Gasteiger partial charge in [0, 0.05) is 24.9 Å². The molecule has 3 atom stereocenters. The molecule has 0 saturated carbocycles. The molecular formula is C14H16BrN5O2. The summed E-state index contributed by atoms with van der Waals surface area (Å²) < 4.78 is 7.97. The molecule has 1 amide bonds. The van der Waals surface area contributed by atoms with Gasteiger partial charge in [-0.3, -0.25) is 4.40 Å². The van der Waals surface area contributed by atoms with E-state index in [9.17, 15) is 4.79 Å². The van der Waals surface area contributed by atoms with E-state index in [2.05, 4.69) is 25.9 Å². The van der Waals surface area contributed by atoms with Gasteiger partial charge in [-0.15, -0.1) is 0 Å². The van der Waals surface area contributed by atoms with E-state index in [4.69, 9.17) is 10.5 Å². The van der Waals surface area contributed by atoms with Gasteiger partial charge in [0.05, 0.1) is 6.04 Å². The summed E-state index contributed by atoms with van der Waals surface area (Å²) in [6.07, 6.45) is 5.16. The number of amides is 1. The van der Waals surface area contributed by atoms with Crippen molar-refractivity contribution in [2.75, 3.05) is 12.3 Å². The Balaban J connectivity index is 1.72. The Labute approximate surface area is 135 Å². The lowest BCUT2D eigenvalue weighted by molar-refractivity contribution is 0.137. The molecule has 2 fully saturated rings. The Bertz CT molecular complexity index is 761.